The highest BCUT2D eigenvalue weighted by Crippen LogP contribution is 2.17. The van der Waals surface area contributed by atoms with E-state index in [-0.39, 0.29) is 25.0 Å². The summed E-state index contributed by atoms with van der Waals surface area (Å²) in [6, 6.07) is 14.2. The van der Waals surface area contributed by atoms with Crippen LogP contribution in [0.1, 0.15) is 18.4 Å². The molecule has 0 aliphatic heterocycles. The first-order chi connectivity index (χ1) is 16.5. The predicted molar refractivity (Wildman–Crippen MR) is 128 cm³/mol. The second-order valence-corrected chi connectivity index (χ2v) is 7.74. The van der Waals surface area contributed by atoms with E-state index < -0.39 is 0 Å². The van der Waals surface area contributed by atoms with Gasteiger partial charge in [-0.15, -0.1) is 0 Å². The molecule has 2 heterocycles. The van der Waals surface area contributed by atoms with Crippen molar-refractivity contribution < 1.29 is 23.5 Å². The van der Waals surface area contributed by atoms with Crippen LogP contribution < -0.4 is 10.1 Å². The van der Waals surface area contributed by atoms with Gasteiger partial charge in [0.1, 0.15) is 18.1 Å². The number of urea groups is 1. The Morgan fingerprint density at radius 2 is 1.85 bits per heavy atom. The monoisotopic (exact) mass is 468 g/mol. The van der Waals surface area contributed by atoms with Gasteiger partial charge in [0.15, 0.2) is 0 Å². The minimum Gasteiger partial charge on any atom is -0.494 e. The van der Waals surface area contributed by atoms with Crippen molar-refractivity contribution in [3.05, 3.63) is 72.4 Å². The molecule has 9 heteroatoms. The first-order valence-electron chi connectivity index (χ1n) is 11.2. The number of carbonyl (C=O) groups is 2. The van der Waals surface area contributed by atoms with Crippen LogP contribution in [0.3, 0.4) is 0 Å². The average molecular weight is 469 g/mol. The van der Waals surface area contributed by atoms with Crippen LogP contribution in [-0.2, 0) is 29.7 Å². The Morgan fingerprint density at radius 1 is 1.06 bits per heavy atom. The number of anilines is 1. The third-order valence-electron chi connectivity index (χ3n) is 5.28. The first-order valence-corrected chi connectivity index (χ1v) is 11.2. The molecule has 3 amide bonds. The van der Waals surface area contributed by atoms with Gasteiger partial charge in [0.2, 0.25) is 5.91 Å². The highest BCUT2D eigenvalue weighted by Gasteiger charge is 2.23. The summed E-state index contributed by atoms with van der Waals surface area (Å²) in [6.45, 7) is 3.64. The summed E-state index contributed by atoms with van der Waals surface area (Å²) in [7, 11) is 3.49. The maximum atomic E-state index is 13.4. The van der Waals surface area contributed by atoms with Crippen molar-refractivity contribution >= 4 is 17.6 Å². The number of methoxy groups -OCH3 is 1. The van der Waals surface area contributed by atoms with Crippen molar-refractivity contribution in [1.29, 1.82) is 0 Å². The van der Waals surface area contributed by atoms with E-state index >= 15 is 0 Å². The predicted octanol–water partition coefficient (Wildman–Crippen LogP) is 3.73. The SMILES string of the molecule is CCOc1ccc(NC(=O)N(CCOC)CC(=O)N(Cc2ccco2)Cc2cccn2C)cc1. The standard InChI is InChI=1S/C25H32N4O5/c1-4-33-22-11-9-20(10-12-22)26-25(31)28(14-16-32-3)19-24(30)29(18-23-8-6-15-34-23)17-21-7-5-13-27(21)2/h5-13,15H,4,14,16-19H2,1-3H3,(H,26,31). The molecule has 34 heavy (non-hydrogen) atoms. The van der Waals surface area contributed by atoms with E-state index in [2.05, 4.69) is 5.32 Å². The van der Waals surface area contributed by atoms with Gasteiger partial charge in [0.25, 0.3) is 0 Å². The molecule has 0 saturated carbocycles. The smallest absolute Gasteiger partial charge is 0.322 e. The molecule has 1 N–H and O–H groups in total. The maximum absolute atomic E-state index is 13.4. The number of nitrogens with one attached hydrogen (secondary N) is 1. The molecule has 0 unspecified atom stereocenters. The fourth-order valence-electron chi connectivity index (χ4n) is 3.40. The van der Waals surface area contributed by atoms with E-state index in [1.807, 2.05) is 42.9 Å². The summed E-state index contributed by atoms with van der Waals surface area (Å²) in [5.41, 5.74) is 1.58. The van der Waals surface area contributed by atoms with Gasteiger partial charge >= 0.3 is 6.03 Å². The summed E-state index contributed by atoms with van der Waals surface area (Å²) in [4.78, 5) is 29.5. The van der Waals surface area contributed by atoms with Gasteiger partial charge < -0.3 is 33.6 Å². The van der Waals surface area contributed by atoms with Crippen LogP contribution in [0.2, 0.25) is 0 Å². The molecule has 0 radical (unpaired) electrons. The molecule has 0 aliphatic carbocycles. The molecule has 9 nitrogen and oxygen atoms in total. The van der Waals surface area contributed by atoms with Gasteiger partial charge in [0, 0.05) is 38.3 Å². The van der Waals surface area contributed by atoms with Crippen LogP contribution in [0.5, 0.6) is 5.75 Å². The number of hydrogen-bond donors (Lipinski definition) is 1. The summed E-state index contributed by atoms with van der Waals surface area (Å²) in [5, 5.41) is 2.85. The van der Waals surface area contributed by atoms with Crippen molar-refractivity contribution in [3.8, 4) is 5.75 Å². The van der Waals surface area contributed by atoms with Crippen molar-refractivity contribution in [1.82, 2.24) is 14.4 Å². The lowest BCUT2D eigenvalue weighted by Gasteiger charge is -2.27. The van der Waals surface area contributed by atoms with E-state index in [0.717, 1.165) is 11.4 Å². The molecule has 0 saturated heterocycles. The molecule has 182 valence electrons. The summed E-state index contributed by atoms with van der Waals surface area (Å²) in [5.74, 6) is 1.20. The lowest BCUT2D eigenvalue weighted by Crippen LogP contribution is -2.45. The number of ether oxygens (including phenoxy) is 2. The molecule has 0 spiro atoms. The Hall–Kier alpha value is -3.72. The van der Waals surface area contributed by atoms with E-state index in [1.165, 1.54) is 4.90 Å². The third kappa shape index (κ3) is 7.14. The second-order valence-electron chi connectivity index (χ2n) is 7.74. The Balaban J connectivity index is 1.71. The number of hydrogen-bond acceptors (Lipinski definition) is 5. The summed E-state index contributed by atoms with van der Waals surface area (Å²) in [6.07, 6.45) is 3.51. The topological polar surface area (TPSA) is 89.2 Å². The van der Waals surface area contributed by atoms with Crippen LogP contribution in [0, 0.1) is 0 Å². The molecule has 0 atom stereocenters. The zero-order chi connectivity index (χ0) is 24.3. The Kier molecular flexibility index (Phi) is 9.16. The molecule has 3 rings (SSSR count). The maximum Gasteiger partial charge on any atom is 0.322 e. The van der Waals surface area contributed by atoms with Crippen molar-refractivity contribution in [2.24, 2.45) is 7.05 Å². The van der Waals surface area contributed by atoms with Gasteiger partial charge in [-0.3, -0.25) is 4.79 Å². The lowest BCUT2D eigenvalue weighted by molar-refractivity contribution is -0.133. The molecule has 3 aromatic rings. The Morgan fingerprint density at radius 3 is 2.47 bits per heavy atom. The summed E-state index contributed by atoms with van der Waals surface area (Å²) < 4.78 is 18.0. The third-order valence-corrected chi connectivity index (χ3v) is 5.28. The number of carbonyl (C=O) groups excluding carboxylic acids is 2. The first kappa shape index (κ1) is 24.9. The average Bonchev–Trinajstić information content (AvgIpc) is 3.49. The van der Waals surface area contributed by atoms with Crippen LogP contribution in [0.4, 0.5) is 10.5 Å². The van der Waals surface area contributed by atoms with Gasteiger partial charge in [-0.2, -0.15) is 0 Å². The number of aryl methyl sites for hydroxylation is 1. The number of aromatic nitrogens is 1. The molecular formula is C25H32N4O5. The van der Waals surface area contributed by atoms with Crippen LogP contribution in [-0.4, -0.2) is 59.7 Å². The number of nitrogens with zero attached hydrogens (tertiary/aromatic N) is 3. The van der Waals surface area contributed by atoms with Gasteiger partial charge in [-0.1, -0.05) is 0 Å². The molecule has 0 aliphatic rings. The largest absolute Gasteiger partial charge is 0.494 e. The second kappa shape index (κ2) is 12.5. The minimum absolute atomic E-state index is 0.0998. The van der Waals surface area contributed by atoms with Crippen molar-refractivity contribution in [3.63, 3.8) is 0 Å². The van der Waals surface area contributed by atoms with Crippen LogP contribution >= 0.6 is 0 Å². The van der Waals surface area contributed by atoms with Crippen molar-refractivity contribution in [2.75, 3.05) is 38.7 Å². The van der Waals surface area contributed by atoms with E-state index in [0.29, 0.717) is 37.8 Å². The van der Waals surface area contributed by atoms with Crippen LogP contribution in [0.15, 0.2) is 65.4 Å². The molecule has 2 aromatic heterocycles. The number of benzene rings is 1. The number of rotatable bonds is 12. The van der Waals surface area contributed by atoms with E-state index in [1.54, 1.807) is 48.6 Å². The fraction of sp³-hybridized carbons (Fsp3) is 0.360. The van der Waals surface area contributed by atoms with E-state index in [9.17, 15) is 9.59 Å². The Bertz CT molecular complexity index is 1030. The Labute approximate surface area is 199 Å². The lowest BCUT2D eigenvalue weighted by atomic mass is 10.3. The van der Waals surface area contributed by atoms with Gasteiger partial charge in [-0.25, -0.2) is 4.79 Å². The number of amides is 3. The van der Waals surface area contributed by atoms with Gasteiger partial charge in [0.05, 0.1) is 32.6 Å². The minimum atomic E-state index is -0.383. The molecule has 0 fully saturated rings. The number of furan rings is 1. The van der Waals surface area contributed by atoms with E-state index in [4.69, 9.17) is 13.9 Å². The highest BCUT2D eigenvalue weighted by molar-refractivity contribution is 5.92. The van der Waals surface area contributed by atoms with Gasteiger partial charge in [-0.05, 0) is 55.5 Å². The highest BCUT2D eigenvalue weighted by atomic mass is 16.5. The van der Waals surface area contributed by atoms with Crippen molar-refractivity contribution in [2.45, 2.75) is 20.0 Å². The normalized spacial score (nSPS) is 10.7. The molecule has 1 aromatic carbocycles. The zero-order valence-electron chi connectivity index (χ0n) is 19.9. The molecule has 0 bridgehead atoms. The van der Waals surface area contributed by atoms with Crippen LogP contribution in [0.25, 0.3) is 0 Å². The fourth-order valence-corrected chi connectivity index (χ4v) is 3.40. The molecular weight excluding hydrogens is 436 g/mol. The summed E-state index contributed by atoms with van der Waals surface area (Å²) >= 11 is 0. The zero-order valence-corrected chi connectivity index (χ0v) is 19.9. The quantitative estimate of drug-likeness (QED) is 0.438.